The minimum absolute atomic E-state index is 0.0864. The number of aromatic nitrogens is 5. The van der Waals surface area contributed by atoms with Crippen LogP contribution in [0.2, 0.25) is 5.02 Å². The molecule has 6 aromatic rings. The van der Waals surface area contributed by atoms with Crippen LogP contribution in [0.15, 0.2) is 78.4 Å². The summed E-state index contributed by atoms with van der Waals surface area (Å²) >= 11 is 7.59. The van der Waals surface area contributed by atoms with Crippen LogP contribution < -0.4 is 5.32 Å². The molecule has 2 aromatic carbocycles. The maximum absolute atomic E-state index is 13.9. The number of carbonyl (C=O) groups excluding carboxylic acids is 1. The molecule has 38 heavy (non-hydrogen) atoms. The van der Waals surface area contributed by atoms with Crippen molar-refractivity contribution in [2.75, 3.05) is 5.32 Å². The van der Waals surface area contributed by atoms with E-state index < -0.39 is 17.8 Å². The number of carbonyl (C=O) groups is 1. The molecule has 0 unspecified atom stereocenters. The number of halogens is 4. The lowest BCUT2D eigenvalue weighted by molar-refractivity contribution is -0.142. The van der Waals surface area contributed by atoms with Crippen molar-refractivity contribution < 1.29 is 18.0 Å². The molecule has 6 rings (SSSR count). The summed E-state index contributed by atoms with van der Waals surface area (Å²) in [6.45, 7) is 0.455. The van der Waals surface area contributed by atoms with E-state index in [9.17, 15) is 18.0 Å². The lowest BCUT2D eigenvalue weighted by Gasteiger charge is -2.10. The van der Waals surface area contributed by atoms with Crippen molar-refractivity contribution in [1.29, 1.82) is 0 Å². The zero-order valence-electron chi connectivity index (χ0n) is 19.3. The molecule has 0 radical (unpaired) electrons. The van der Waals surface area contributed by atoms with E-state index in [1.807, 2.05) is 42.5 Å². The fourth-order valence-electron chi connectivity index (χ4n) is 4.20. The summed E-state index contributed by atoms with van der Waals surface area (Å²) in [7, 11) is 0. The van der Waals surface area contributed by atoms with Crippen LogP contribution in [0.1, 0.15) is 21.7 Å². The molecule has 1 amide bonds. The smallest absolute Gasteiger partial charge is 0.318 e. The van der Waals surface area contributed by atoms with Crippen molar-refractivity contribution in [1.82, 2.24) is 24.4 Å². The molecule has 0 atom stereocenters. The first kappa shape index (κ1) is 24.1. The fraction of sp³-hybridized carbons (Fsp3) is 0.0769. The fourth-order valence-corrected chi connectivity index (χ4v) is 5.13. The van der Waals surface area contributed by atoms with Crippen molar-refractivity contribution in [3.63, 3.8) is 0 Å². The lowest BCUT2D eigenvalue weighted by atomic mass is 10.0. The van der Waals surface area contributed by atoms with Gasteiger partial charge in [0.05, 0.1) is 29.0 Å². The molecule has 0 saturated heterocycles. The molecule has 0 bridgehead atoms. The first-order valence-electron chi connectivity index (χ1n) is 11.3. The molecule has 190 valence electrons. The highest BCUT2D eigenvalue weighted by Crippen LogP contribution is 2.35. The third kappa shape index (κ3) is 4.39. The second-order valence-corrected chi connectivity index (χ2v) is 9.74. The first-order chi connectivity index (χ1) is 18.3. The minimum atomic E-state index is -4.75. The van der Waals surface area contributed by atoms with Gasteiger partial charge in [-0.1, -0.05) is 60.1 Å². The van der Waals surface area contributed by atoms with Crippen molar-refractivity contribution in [2.45, 2.75) is 12.7 Å². The van der Waals surface area contributed by atoms with Crippen LogP contribution in [0, 0.1) is 0 Å². The van der Waals surface area contributed by atoms with Gasteiger partial charge in [-0.3, -0.25) is 9.48 Å². The molecule has 4 heterocycles. The summed E-state index contributed by atoms with van der Waals surface area (Å²) in [6.07, 6.45) is -1.68. The van der Waals surface area contributed by atoms with E-state index in [0.717, 1.165) is 22.4 Å². The van der Waals surface area contributed by atoms with Crippen LogP contribution in [0.3, 0.4) is 0 Å². The molecule has 0 aliphatic heterocycles. The Balaban J connectivity index is 1.30. The Labute approximate surface area is 222 Å². The number of benzene rings is 2. The standard InChI is InChI=1S/C26H16ClF3N6OS/c27-22-23(34-36-21(26(28,29)30)11-19(33-24(22)36)20-9-4-10-38-20)25(37)32-17-12-31-35(14-17)13-16-7-3-6-15-5-1-2-8-18(15)16/h1-12,14H,13H2,(H,32,37). The van der Waals surface area contributed by atoms with Crippen molar-refractivity contribution in [3.8, 4) is 10.6 Å². The molecule has 0 spiro atoms. The predicted octanol–water partition coefficient (Wildman–Crippen LogP) is 6.78. The summed E-state index contributed by atoms with van der Waals surface area (Å²) in [4.78, 5) is 17.8. The maximum atomic E-state index is 13.9. The largest absolute Gasteiger partial charge is 0.433 e. The number of anilines is 1. The Hall–Kier alpha value is -4.22. The third-order valence-corrected chi connectivity index (χ3v) is 7.16. The van der Waals surface area contributed by atoms with Gasteiger partial charge in [0.15, 0.2) is 17.0 Å². The second kappa shape index (κ2) is 9.26. The van der Waals surface area contributed by atoms with Crippen LogP contribution in [0.25, 0.3) is 27.0 Å². The number of amides is 1. The van der Waals surface area contributed by atoms with Crippen molar-refractivity contribution >= 4 is 51.0 Å². The van der Waals surface area contributed by atoms with Crippen LogP contribution in [0.5, 0.6) is 0 Å². The van der Waals surface area contributed by atoms with Crippen molar-refractivity contribution in [2.24, 2.45) is 0 Å². The van der Waals surface area contributed by atoms with Gasteiger partial charge in [-0.25, -0.2) is 9.50 Å². The average molecular weight is 553 g/mol. The van der Waals surface area contributed by atoms with Gasteiger partial charge < -0.3 is 5.32 Å². The Morgan fingerprint density at radius 1 is 1.08 bits per heavy atom. The van der Waals surface area contributed by atoms with Gasteiger partial charge >= 0.3 is 6.18 Å². The molecule has 1 N–H and O–H groups in total. The number of fused-ring (bicyclic) bond motifs is 2. The van der Waals surface area contributed by atoms with E-state index in [4.69, 9.17) is 11.6 Å². The zero-order valence-corrected chi connectivity index (χ0v) is 20.8. The van der Waals surface area contributed by atoms with Gasteiger partial charge in [0, 0.05) is 6.20 Å². The number of hydrogen-bond acceptors (Lipinski definition) is 5. The van der Waals surface area contributed by atoms with Gasteiger partial charge in [-0.2, -0.15) is 23.4 Å². The molecule has 0 aliphatic rings. The second-order valence-electron chi connectivity index (χ2n) is 8.42. The van der Waals surface area contributed by atoms with E-state index in [1.54, 1.807) is 28.4 Å². The Bertz CT molecular complexity index is 1800. The number of rotatable bonds is 5. The highest BCUT2D eigenvalue weighted by molar-refractivity contribution is 7.13. The Morgan fingerprint density at radius 3 is 2.68 bits per heavy atom. The summed E-state index contributed by atoms with van der Waals surface area (Å²) in [5.74, 6) is -0.781. The number of nitrogens with one attached hydrogen (secondary N) is 1. The lowest BCUT2D eigenvalue weighted by Crippen LogP contribution is -2.15. The highest BCUT2D eigenvalue weighted by atomic mass is 35.5. The van der Waals surface area contributed by atoms with E-state index in [1.165, 1.54) is 17.5 Å². The summed E-state index contributed by atoms with van der Waals surface area (Å²) < 4.78 is 43.8. The predicted molar refractivity (Wildman–Crippen MR) is 140 cm³/mol. The Morgan fingerprint density at radius 2 is 1.89 bits per heavy atom. The van der Waals surface area contributed by atoms with Crippen LogP contribution in [0.4, 0.5) is 18.9 Å². The molecule has 0 fully saturated rings. The minimum Gasteiger partial charge on any atom is -0.318 e. The zero-order chi connectivity index (χ0) is 26.4. The van der Waals surface area contributed by atoms with E-state index in [0.29, 0.717) is 21.6 Å². The van der Waals surface area contributed by atoms with Crippen LogP contribution in [-0.4, -0.2) is 30.3 Å². The van der Waals surface area contributed by atoms with Crippen LogP contribution >= 0.6 is 22.9 Å². The Kier molecular flexibility index (Phi) is 5.88. The van der Waals surface area contributed by atoms with Crippen LogP contribution in [-0.2, 0) is 12.7 Å². The molecular formula is C26H16ClF3N6OS. The van der Waals surface area contributed by atoms with Crippen molar-refractivity contribution in [3.05, 3.63) is 100 Å². The van der Waals surface area contributed by atoms with E-state index in [2.05, 4.69) is 20.5 Å². The molecule has 7 nitrogen and oxygen atoms in total. The van der Waals surface area contributed by atoms with Gasteiger partial charge in [-0.05, 0) is 33.8 Å². The van der Waals surface area contributed by atoms with E-state index >= 15 is 0 Å². The molecular weight excluding hydrogens is 537 g/mol. The number of thiophene rings is 1. The summed E-state index contributed by atoms with van der Waals surface area (Å²) in [5, 5.41) is 14.4. The molecule has 12 heteroatoms. The number of hydrogen-bond donors (Lipinski definition) is 1. The number of alkyl halides is 3. The average Bonchev–Trinajstić information content (AvgIpc) is 3.65. The van der Waals surface area contributed by atoms with Gasteiger partial charge in [0.1, 0.15) is 5.02 Å². The monoisotopic (exact) mass is 552 g/mol. The van der Waals surface area contributed by atoms with E-state index in [-0.39, 0.29) is 22.1 Å². The maximum Gasteiger partial charge on any atom is 0.433 e. The normalized spacial score (nSPS) is 11.9. The topological polar surface area (TPSA) is 77.1 Å². The first-order valence-corrected chi connectivity index (χ1v) is 12.5. The summed E-state index contributed by atoms with van der Waals surface area (Å²) in [5.41, 5.74) is -0.263. The highest BCUT2D eigenvalue weighted by Gasteiger charge is 2.37. The number of nitrogens with zero attached hydrogens (tertiary/aromatic N) is 5. The molecule has 4 aromatic heterocycles. The third-order valence-electron chi connectivity index (χ3n) is 5.92. The SMILES string of the molecule is O=C(Nc1cnn(Cc2cccc3ccccc23)c1)c1nn2c(C(F)(F)F)cc(-c3cccs3)nc2c1Cl. The van der Waals surface area contributed by atoms with Gasteiger partial charge in [0.2, 0.25) is 0 Å². The quantitative estimate of drug-likeness (QED) is 0.256. The molecule has 0 aliphatic carbocycles. The molecule has 0 saturated carbocycles. The summed E-state index contributed by atoms with van der Waals surface area (Å²) in [6, 6.07) is 18.2. The van der Waals surface area contributed by atoms with Gasteiger partial charge in [-0.15, -0.1) is 11.3 Å². The van der Waals surface area contributed by atoms with Gasteiger partial charge in [0.25, 0.3) is 5.91 Å².